The maximum atomic E-state index is 12.7. The van der Waals surface area contributed by atoms with E-state index in [-0.39, 0.29) is 0 Å². The van der Waals surface area contributed by atoms with Crippen LogP contribution in [-0.2, 0) is 0 Å². The summed E-state index contributed by atoms with van der Waals surface area (Å²) in [5.74, 6) is -4.23. The molecule has 1 rings (SSSR count). The second-order valence-corrected chi connectivity index (χ2v) is 2.49. The summed E-state index contributed by atoms with van der Waals surface area (Å²) in [5, 5.41) is 8.77. The van der Waals surface area contributed by atoms with Crippen molar-refractivity contribution in [1.29, 1.82) is 0 Å². The molecule has 0 aromatic heterocycles. The minimum Gasteiger partial charge on any atom is -0.508 e. The molecule has 0 heterocycles. The van der Waals surface area contributed by atoms with Gasteiger partial charge in [-0.3, -0.25) is 4.79 Å². The number of alkyl halides is 3. The molecular weight excluding hydrogens is 204 g/mol. The number of halogens is 4. The molecule has 1 aromatic rings. The van der Waals surface area contributed by atoms with Crippen LogP contribution in [0.3, 0.4) is 0 Å². The smallest absolute Gasteiger partial charge is 0.454 e. The number of hydrogen-bond donors (Lipinski definition) is 1. The quantitative estimate of drug-likeness (QED) is 0.567. The molecule has 1 aromatic carbocycles. The van der Waals surface area contributed by atoms with Gasteiger partial charge in [0.1, 0.15) is 11.6 Å². The van der Waals surface area contributed by atoms with Gasteiger partial charge in [0, 0.05) is 0 Å². The van der Waals surface area contributed by atoms with Crippen molar-refractivity contribution in [3.8, 4) is 5.75 Å². The summed E-state index contributed by atoms with van der Waals surface area (Å²) >= 11 is 0. The van der Waals surface area contributed by atoms with Crippen molar-refractivity contribution in [1.82, 2.24) is 0 Å². The van der Waals surface area contributed by atoms with Crippen LogP contribution in [0.25, 0.3) is 0 Å². The number of phenols is 1. The van der Waals surface area contributed by atoms with Crippen LogP contribution in [0.2, 0.25) is 0 Å². The van der Waals surface area contributed by atoms with E-state index in [1.807, 2.05) is 0 Å². The molecule has 2 nitrogen and oxygen atoms in total. The molecule has 0 unspecified atom stereocenters. The fourth-order valence-corrected chi connectivity index (χ4v) is 0.840. The zero-order valence-corrected chi connectivity index (χ0v) is 6.60. The number of phenolic OH excluding ortho intramolecular Hbond substituents is 1. The minimum atomic E-state index is -5.14. The molecular formula is C8H4F4O2. The van der Waals surface area contributed by atoms with Gasteiger partial charge < -0.3 is 5.11 Å². The maximum absolute atomic E-state index is 12.7. The van der Waals surface area contributed by atoms with Crippen molar-refractivity contribution in [3.63, 3.8) is 0 Å². The van der Waals surface area contributed by atoms with Crippen molar-refractivity contribution in [2.45, 2.75) is 6.18 Å². The highest BCUT2D eigenvalue weighted by Crippen LogP contribution is 2.25. The van der Waals surface area contributed by atoms with Crippen molar-refractivity contribution < 1.29 is 27.5 Å². The second kappa shape index (κ2) is 3.28. The lowest BCUT2D eigenvalue weighted by Crippen LogP contribution is -2.23. The van der Waals surface area contributed by atoms with Gasteiger partial charge in [-0.1, -0.05) is 0 Å². The fourth-order valence-electron chi connectivity index (χ4n) is 0.840. The van der Waals surface area contributed by atoms with Crippen molar-refractivity contribution in [2.24, 2.45) is 0 Å². The number of hydrogen-bond acceptors (Lipinski definition) is 2. The van der Waals surface area contributed by atoms with Gasteiger partial charge in [-0.05, 0) is 18.2 Å². The van der Waals surface area contributed by atoms with Crippen LogP contribution in [0.1, 0.15) is 10.4 Å². The lowest BCUT2D eigenvalue weighted by molar-refractivity contribution is -0.0887. The van der Waals surface area contributed by atoms with E-state index in [2.05, 4.69) is 0 Å². The molecule has 6 heteroatoms. The Balaban J connectivity index is 3.19. The Morgan fingerprint density at radius 2 is 1.86 bits per heavy atom. The highest BCUT2D eigenvalue weighted by atomic mass is 19.4. The molecule has 0 fully saturated rings. The molecule has 0 saturated carbocycles. The molecule has 14 heavy (non-hydrogen) atoms. The maximum Gasteiger partial charge on any atom is 0.454 e. The van der Waals surface area contributed by atoms with E-state index < -0.39 is 29.1 Å². The zero-order chi connectivity index (χ0) is 10.9. The Hall–Kier alpha value is -1.59. The van der Waals surface area contributed by atoms with E-state index in [1.54, 1.807) is 0 Å². The SMILES string of the molecule is O=C(c1cc(O)ccc1F)C(F)(F)F. The largest absolute Gasteiger partial charge is 0.508 e. The number of carbonyl (C=O) groups is 1. The summed E-state index contributed by atoms with van der Waals surface area (Å²) in [5.41, 5.74) is -1.18. The summed E-state index contributed by atoms with van der Waals surface area (Å²) in [7, 11) is 0. The van der Waals surface area contributed by atoms with Crippen molar-refractivity contribution in [2.75, 3.05) is 0 Å². The van der Waals surface area contributed by atoms with Crippen molar-refractivity contribution in [3.05, 3.63) is 29.6 Å². The first kappa shape index (κ1) is 10.5. The number of Topliss-reactive ketones (excluding diaryl/α,β-unsaturated/α-hetero) is 1. The van der Waals surface area contributed by atoms with Crippen LogP contribution in [0, 0.1) is 5.82 Å². The summed E-state index contributed by atoms with van der Waals surface area (Å²) in [6.07, 6.45) is -5.14. The Labute approximate surface area is 75.8 Å². The summed E-state index contributed by atoms with van der Waals surface area (Å²) in [6.45, 7) is 0. The van der Waals surface area contributed by atoms with E-state index in [1.165, 1.54) is 0 Å². The molecule has 0 radical (unpaired) electrons. The Kier molecular flexibility index (Phi) is 2.46. The molecule has 76 valence electrons. The molecule has 0 atom stereocenters. The monoisotopic (exact) mass is 208 g/mol. The van der Waals surface area contributed by atoms with Gasteiger partial charge in [0.15, 0.2) is 0 Å². The van der Waals surface area contributed by atoms with E-state index in [0.29, 0.717) is 12.1 Å². The molecule has 0 aliphatic heterocycles. The van der Waals surface area contributed by atoms with Gasteiger partial charge in [-0.2, -0.15) is 13.2 Å². The summed E-state index contributed by atoms with van der Waals surface area (Å²) < 4.78 is 48.3. The average molecular weight is 208 g/mol. The number of aromatic hydroxyl groups is 1. The van der Waals surface area contributed by atoms with Crippen LogP contribution in [0.4, 0.5) is 17.6 Å². The highest BCUT2D eigenvalue weighted by molar-refractivity contribution is 6.00. The first-order valence-corrected chi connectivity index (χ1v) is 3.42. The van der Waals surface area contributed by atoms with Crippen LogP contribution in [-0.4, -0.2) is 17.1 Å². The van der Waals surface area contributed by atoms with E-state index >= 15 is 0 Å². The normalized spacial score (nSPS) is 11.4. The van der Waals surface area contributed by atoms with E-state index in [4.69, 9.17) is 5.11 Å². The predicted octanol–water partition coefficient (Wildman–Crippen LogP) is 2.28. The van der Waals surface area contributed by atoms with Crippen molar-refractivity contribution >= 4 is 5.78 Å². The molecule has 0 aliphatic carbocycles. The van der Waals surface area contributed by atoms with Crippen LogP contribution < -0.4 is 0 Å². The van der Waals surface area contributed by atoms with Gasteiger partial charge in [-0.25, -0.2) is 4.39 Å². The molecule has 0 spiro atoms. The van der Waals surface area contributed by atoms with Crippen LogP contribution in [0.15, 0.2) is 18.2 Å². The topological polar surface area (TPSA) is 37.3 Å². The third kappa shape index (κ3) is 2.01. The Morgan fingerprint density at radius 1 is 1.29 bits per heavy atom. The third-order valence-electron chi connectivity index (χ3n) is 1.45. The first-order valence-electron chi connectivity index (χ1n) is 3.42. The predicted molar refractivity (Wildman–Crippen MR) is 38.5 cm³/mol. The lowest BCUT2D eigenvalue weighted by atomic mass is 10.1. The van der Waals surface area contributed by atoms with E-state index in [9.17, 15) is 22.4 Å². The standard InChI is InChI=1S/C8H4F4O2/c9-6-2-1-4(13)3-5(6)7(14)8(10,11)12/h1-3,13H. The van der Waals surface area contributed by atoms with Crippen LogP contribution in [0.5, 0.6) is 5.75 Å². The molecule has 0 amide bonds. The Bertz CT molecular complexity index is 370. The zero-order valence-electron chi connectivity index (χ0n) is 6.60. The molecule has 0 aliphatic rings. The number of benzene rings is 1. The third-order valence-corrected chi connectivity index (χ3v) is 1.45. The first-order chi connectivity index (χ1) is 6.32. The number of rotatable bonds is 1. The molecule has 0 bridgehead atoms. The highest BCUT2D eigenvalue weighted by Gasteiger charge is 2.40. The lowest BCUT2D eigenvalue weighted by Gasteiger charge is -2.05. The number of carbonyl (C=O) groups excluding carboxylic acids is 1. The summed E-state index contributed by atoms with van der Waals surface area (Å²) in [4.78, 5) is 10.6. The number of ketones is 1. The Morgan fingerprint density at radius 3 is 2.36 bits per heavy atom. The van der Waals surface area contributed by atoms with Gasteiger partial charge in [0.05, 0.1) is 5.56 Å². The van der Waals surface area contributed by atoms with E-state index in [0.717, 1.165) is 6.07 Å². The minimum absolute atomic E-state index is 0.436. The molecule has 0 saturated heterocycles. The average Bonchev–Trinajstić information content (AvgIpc) is 2.06. The summed E-state index contributed by atoms with van der Waals surface area (Å²) in [6, 6.07) is 1.88. The van der Waals surface area contributed by atoms with Gasteiger partial charge in [0.25, 0.3) is 5.78 Å². The van der Waals surface area contributed by atoms with Gasteiger partial charge in [-0.15, -0.1) is 0 Å². The van der Waals surface area contributed by atoms with Crippen LogP contribution >= 0.6 is 0 Å². The molecule has 1 N–H and O–H groups in total. The second-order valence-electron chi connectivity index (χ2n) is 2.49. The van der Waals surface area contributed by atoms with Gasteiger partial charge in [0.2, 0.25) is 0 Å². The van der Waals surface area contributed by atoms with Gasteiger partial charge >= 0.3 is 6.18 Å². The fraction of sp³-hybridized carbons (Fsp3) is 0.125.